The fourth-order valence-electron chi connectivity index (χ4n) is 4.31. The number of carbonyl (C=O) groups is 2. The first-order valence-electron chi connectivity index (χ1n) is 12.7. The number of carbonyl (C=O) groups excluding carboxylic acids is 2. The van der Waals surface area contributed by atoms with Gasteiger partial charge in [-0.25, -0.2) is 14.7 Å². The molecule has 0 saturated heterocycles. The Balaban J connectivity index is 1.30. The Kier molecular flexibility index (Phi) is 6.76. The molecule has 0 saturated carbocycles. The molecule has 1 aliphatic heterocycles. The van der Waals surface area contributed by atoms with Gasteiger partial charge in [0.25, 0.3) is 0 Å². The van der Waals surface area contributed by atoms with Crippen molar-refractivity contribution in [2.75, 3.05) is 0 Å². The molecule has 0 radical (unpaired) electrons. The lowest BCUT2D eigenvalue weighted by Crippen LogP contribution is -2.13. The Morgan fingerprint density at radius 2 is 1.74 bits per heavy atom. The van der Waals surface area contributed by atoms with Crippen molar-refractivity contribution >= 4 is 23.6 Å². The van der Waals surface area contributed by atoms with E-state index in [9.17, 15) is 9.59 Å². The van der Waals surface area contributed by atoms with Crippen LogP contribution in [0.1, 0.15) is 48.8 Å². The van der Waals surface area contributed by atoms with Crippen LogP contribution in [0.3, 0.4) is 0 Å². The summed E-state index contributed by atoms with van der Waals surface area (Å²) in [6.07, 6.45) is 3.71. The summed E-state index contributed by atoms with van der Waals surface area (Å²) in [7, 11) is 0. The van der Waals surface area contributed by atoms with Crippen LogP contribution in [0.4, 0.5) is 5.82 Å². The molecule has 0 unspecified atom stereocenters. The van der Waals surface area contributed by atoms with E-state index in [0.717, 1.165) is 22.6 Å². The van der Waals surface area contributed by atoms with E-state index in [-0.39, 0.29) is 29.8 Å². The number of ether oxygens (including phenoxy) is 1. The normalized spacial score (nSPS) is 12.9. The number of hydrogen-bond acceptors (Lipinski definition) is 6. The van der Waals surface area contributed by atoms with Gasteiger partial charge in [-0.2, -0.15) is 5.10 Å². The fraction of sp³-hybridized carbons (Fsp3) is 0.258. The average Bonchev–Trinajstić information content (AvgIpc) is 3.30. The lowest BCUT2D eigenvalue weighted by Gasteiger charge is -2.14. The van der Waals surface area contributed by atoms with Gasteiger partial charge < -0.3 is 4.74 Å². The van der Waals surface area contributed by atoms with Gasteiger partial charge in [-0.15, -0.1) is 0 Å². The second-order valence-corrected chi connectivity index (χ2v) is 10.7. The van der Waals surface area contributed by atoms with E-state index in [1.54, 1.807) is 12.3 Å². The predicted octanol–water partition coefficient (Wildman–Crippen LogP) is 5.85. The zero-order valence-electron chi connectivity index (χ0n) is 22.1. The van der Waals surface area contributed by atoms with E-state index in [1.807, 2.05) is 47.1 Å². The number of fused-ring (bicyclic) bond motifs is 1. The van der Waals surface area contributed by atoms with Gasteiger partial charge in [0.1, 0.15) is 17.3 Å². The van der Waals surface area contributed by atoms with Crippen molar-refractivity contribution in [1.82, 2.24) is 14.8 Å². The Labute approximate surface area is 222 Å². The topological polar surface area (TPSA) is 86.4 Å². The Hall–Kier alpha value is -4.39. The largest absolute Gasteiger partial charge is 0.457 e. The van der Waals surface area contributed by atoms with Gasteiger partial charge >= 0.3 is 0 Å². The summed E-state index contributed by atoms with van der Waals surface area (Å²) in [4.78, 5) is 33.2. The highest BCUT2D eigenvalue weighted by Crippen LogP contribution is 2.32. The first kappa shape index (κ1) is 25.3. The summed E-state index contributed by atoms with van der Waals surface area (Å²) in [6, 6.07) is 19.4. The summed E-state index contributed by atoms with van der Waals surface area (Å²) in [5.74, 6) is 1.70. The molecule has 192 valence electrons. The minimum atomic E-state index is -0.128. The van der Waals surface area contributed by atoms with Crippen molar-refractivity contribution in [3.63, 3.8) is 0 Å². The van der Waals surface area contributed by atoms with E-state index in [2.05, 4.69) is 49.8 Å². The van der Waals surface area contributed by atoms with Gasteiger partial charge in [0.15, 0.2) is 11.6 Å². The number of pyridine rings is 1. The van der Waals surface area contributed by atoms with E-state index in [1.165, 1.54) is 11.8 Å². The van der Waals surface area contributed by atoms with Gasteiger partial charge in [0, 0.05) is 36.4 Å². The number of aromatic nitrogens is 3. The molecule has 38 heavy (non-hydrogen) atoms. The zero-order chi connectivity index (χ0) is 26.9. The molecule has 0 bridgehead atoms. The second kappa shape index (κ2) is 10.2. The van der Waals surface area contributed by atoms with Crippen LogP contribution in [-0.4, -0.2) is 32.5 Å². The van der Waals surface area contributed by atoms with Crippen LogP contribution in [0.25, 0.3) is 5.69 Å². The lowest BCUT2D eigenvalue weighted by molar-refractivity contribution is -0.118. The molecule has 1 aliphatic rings. The fourth-order valence-corrected chi connectivity index (χ4v) is 4.31. The average molecular weight is 507 g/mol. The molecule has 4 aromatic rings. The van der Waals surface area contributed by atoms with Gasteiger partial charge in [-0.05, 0) is 48.9 Å². The molecule has 7 heteroatoms. The monoisotopic (exact) mass is 506 g/mol. The number of ketones is 2. The predicted molar refractivity (Wildman–Crippen MR) is 147 cm³/mol. The third-order valence-electron chi connectivity index (χ3n) is 6.43. The summed E-state index contributed by atoms with van der Waals surface area (Å²) in [6.45, 7) is 8.42. The van der Waals surface area contributed by atoms with Gasteiger partial charge in [0.05, 0.1) is 23.3 Å². The van der Waals surface area contributed by atoms with E-state index < -0.39 is 0 Å². The van der Waals surface area contributed by atoms with Crippen molar-refractivity contribution in [2.45, 2.75) is 52.4 Å². The molecule has 0 aliphatic carbocycles. The Bertz CT molecular complexity index is 1530. The maximum absolute atomic E-state index is 13.1. The van der Waals surface area contributed by atoms with Gasteiger partial charge in [-0.1, -0.05) is 50.6 Å². The standard InChI is InChI=1S/C31H30N4O3/c1-20-5-9-22(10-6-20)35-23(17-29(34-35)31(2,3)4)16-24(36)15-21-7-11-26(12-8-21)38-28-13-14-32-30-27(28)18-25(37)19-33-30/h5-14,17,19H,15-16,18H2,1-4H3. The minimum absolute atomic E-state index is 0.0810. The molecule has 0 fully saturated rings. The smallest absolute Gasteiger partial charge is 0.178 e. The van der Waals surface area contributed by atoms with Gasteiger partial charge in [0.2, 0.25) is 0 Å². The van der Waals surface area contributed by atoms with E-state index in [4.69, 9.17) is 9.84 Å². The highest BCUT2D eigenvalue weighted by Gasteiger charge is 2.22. The molecule has 3 heterocycles. The first-order valence-corrected chi connectivity index (χ1v) is 12.7. The number of nitrogens with zero attached hydrogens (tertiary/aromatic N) is 4. The number of aliphatic imine (C=N–C) groups is 1. The second-order valence-electron chi connectivity index (χ2n) is 10.7. The van der Waals surface area contributed by atoms with Crippen LogP contribution < -0.4 is 4.74 Å². The number of benzene rings is 2. The van der Waals surface area contributed by atoms with E-state index >= 15 is 0 Å². The molecule has 2 aromatic carbocycles. The molecule has 0 atom stereocenters. The summed E-state index contributed by atoms with van der Waals surface area (Å²) < 4.78 is 7.91. The molecule has 0 N–H and O–H groups in total. The molecule has 2 aromatic heterocycles. The highest BCUT2D eigenvalue weighted by molar-refractivity contribution is 6.29. The van der Waals surface area contributed by atoms with Gasteiger partial charge in [-0.3, -0.25) is 9.59 Å². The maximum atomic E-state index is 13.1. The van der Waals surface area contributed by atoms with E-state index in [0.29, 0.717) is 29.3 Å². The number of Topliss-reactive ketones (excluding diaryl/α,β-unsaturated/α-hetero) is 2. The van der Waals surface area contributed by atoms with Crippen molar-refractivity contribution in [1.29, 1.82) is 0 Å². The van der Waals surface area contributed by atoms with Crippen LogP contribution in [0, 0.1) is 6.92 Å². The zero-order valence-corrected chi connectivity index (χ0v) is 22.1. The van der Waals surface area contributed by atoms with Crippen molar-refractivity contribution in [3.8, 4) is 17.2 Å². The van der Waals surface area contributed by atoms with Crippen LogP contribution in [0.2, 0.25) is 0 Å². The summed E-state index contributed by atoms with van der Waals surface area (Å²) >= 11 is 0. The lowest BCUT2D eigenvalue weighted by atomic mass is 9.92. The molecular formula is C31H30N4O3. The van der Waals surface area contributed by atoms with Crippen LogP contribution in [0.5, 0.6) is 11.5 Å². The van der Waals surface area contributed by atoms with Crippen LogP contribution >= 0.6 is 0 Å². The molecule has 5 rings (SSSR count). The Morgan fingerprint density at radius 3 is 2.45 bits per heavy atom. The van der Waals surface area contributed by atoms with Crippen LogP contribution in [0.15, 0.2) is 71.9 Å². The van der Waals surface area contributed by atoms with Crippen molar-refractivity contribution in [3.05, 3.63) is 94.9 Å². The van der Waals surface area contributed by atoms with Crippen molar-refractivity contribution < 1.29 is 14.3 Å². The third-order valence-corrected chi connectivity index (χ3v) is 6.43. The molecule has 0 amide bonds. The quantitative estimate of drug-likeness (QED) is 0.314. The number of aryl methyl sites for hydroxylation is 1. The number of hydrogen-bond donors (Lipinski definition) is 0. The maximum Gasteiger partial charge on any atom is 0.178 e. The molecule has 7 nitrogen and oxygen atoms in total. The highest BCUT2D eigenvalue weighted by atomic mass is 16.5. The molecular weight excluding hydrogens is 476 g/mol. The Morgan fingerprint density at radius 1 is 1.00 bits per heavy atom. The first-order chi connectivity index (χ1) is 18.2. The van der Waals surface area contributed by atoms with Crippen molar-refractivity contribution in [2.24, 2.45) is 4.99 Å². The minimum Gasteiger partial charge on any atom is -0.457 e. The molecule has 0 spiro atoms. The van der Waals surface area contributed by atoms with Crippen LogP contribution in [-0.2, 0) is 34.3 Å². The summed E-state index contributed by atoms with van der Waals surface area (Å²) in [5, 5.41) is 4.84. The third kappa shape index (κ3) is 5.62. The SMILES string of the molecule is Cc1ccc(-n2nc(C(C)(C)C)cc2CC(=O)Cc2ccc(Oc3ccnc4c3CC(=O)C=N4)cc2)cc1. The number of rotatable bonds is 7. The summed E-state index contributed by atoms with van der Waals surface area (Å²) in [5.41, 5.74) is 5.40.